The van der Waals surface area contributed by atoms with Gasteiger partial charge in [-0.1, -0.05) is 11.6 Å². The lowest BCUT2D eigenvalue weighted by Gasteiger charge is -2.08. The zero-order valence-corrected chi connectivity index (χ0v) is 11.1. The van der Waals surface area contributed by atoms with Crippen LogP contribution in [0.4, 0.5) is 0 Å². The number of carboxylic acid groups (broad SMARTS) is 1. The highest BCUT2D eigenvalue weighted by Gasteiger charge is 2.15. The second-order valence-electron chi connectivity index (χ2n) is 3.20. The number of carbonyl (C=O) groups is 1. The number of ether oxygens (including phenoxy) is 1. The van der Waals surface area contributed by atoms with Gasteiger partial charge in [0.25, 0.3) is 0 Å². The molecule has 0 aromatic carbocycles. The van der Waals surface area contributed by atoms with Crippen LogP contribution in [0, 0.1) is 0 Å². The Kier molecular flexibility index (Phi) is 3.78. The highest BCUT2D eigenvalue weighted by molar-refractivity contribution is 9.10. The van der Waals surface area contributed by atoms with E-state index < -0.39 is 5.97 Å². The molecule has 7 heteroatoms. The van der Waals surface area contributed by atoms with Crippen LogP contribution in [0.2, 0.25) is 5.02 Å². The van der Waals surface area contributed by atoms with Crippen molar-refractivity contribution in [1.82, 2.24) is 9.97 Å². The van der Waals surface area contributed by atoms with Gasteiger partial charge in [-0.3, -0.25) is 0 Å². The fraction of sp³-hybridized carbons (Fsp3) is 0. The Morgan fingerprint density at radius 2 is 2.22 bits per heavy atom. The van der Waals surface area contributed by atoms with E-state index in [1.54, 1.807) is 12.1 Å². The van der Waals surface area contributed by atoms with E-state index >= 15 is 0 Å². The van der Waals surface area contributed by atoms with E-state index in [1.165, 1.54) is 18.5 Å². The number of pyridine rings is 2. The first-order chi connectivity index (χ1) is 8.58. The fourth-order valence-electron chi connectivity index (χ4n) is 1.21. The number of hydrogen-bond donors (Lipinski definition) is 1. The summed E-state index contributed by atoms with van der Waals surface area (Å²) < 4.78 is 6.05. The molecule has 0 spiro atoms. The minimum atomic E-state index is -1.18. The molecule has 18 heavy (non-hydrogen) atoms. The molecule has 5 nitrogen and oxygen atoms in total. The van der Waals surface area contributed by atoms with Gasteiger partial charge < -0.3 is 9.84 Å². The maximum atomic E-state index is 10.9. The van der Waals surface area contributed by atoms with Gasteiger partial charge in [-0.15, -0.1) is 0 Å². The van der Waals surface area contributed by atoms with Crippen molar-refractivity contribution >= 4 is 33.5 Å². The third-order valence-electron chi connectivity index (χ3n) is 1.95. The molecular formula is C11H6BrClN2O3. The molecule has 2 aromatic heterocycles. The Balaban J connectivity index is 2.37. The van der Waals surface area contributed by atoms with Gasteiger partial charge in [-0.2, -0.15) is 0 Å². The van der Waals surface area contributed by atoms with Crippen molar-refractivity contribution in [3.8, 4) is 11.6 Å². The molecule has 0 aliphatic rings. The molecule has 0 saturated carbocycles. The lowest BCUT2D eigenvalue weighted by molar-refractivity contribution is 0.0687. The highest BCUT2D eigenvalue weighted by atomic mass is 79.9. The predicted molar refractivity (Wildman–Crippen MR) is 68.2 cm³/mol. The van der Waals surface area contributed by atoms with Gasteiger partial charge in [0.15, 0.2) is 11.4 Å². The summed E-state index contributed by atoms with van der Waals surface area (Å²) in [5.74, 6) is -0.976. The molecule has 0 fully saturated rings. The van der Waals surface area contributed by atoms with E-state index in [0.717, 1.165) is 0 Å². The topological polar surface area (TPSA) is 72.3 Å². The summed E-state index contributed by atoms with van der Waals surface area (Å²) >= 11 is 9.14. The first-order valence-corrected chi connectivity index (χ1v) is 5.92. The number of halogens is 2. The zero-order valence-electron chi connectivity index (χ0n) is 8.80. The van der Waals surface area contributed by atoms with Gasteiger partial charge in [0.1, 0.15) is 5.02 Å². The van der Waals surface area contributed by atoms with Crippen molar-refractivity contribution < 1.29 is 14.6 Å². The van der Waals surface area contributed by atoms with E-state index in [2.05, 4.69) is 25.9 Å². The minimum Gasteiger partial charge on any atom is -0.476 e. The molecule has 0 bridgehead atoms. The molecule has 0 saturated heterocycles. The molecule has 0 aliphatic heterocycles. The average Bonchev–Trinajstić information content (AvgIpc) is 2.33. The Morgan fingerprint density at radius 3 is 2.89 bits per heavy atom. The maximum absolute atomic E-state index is 10.9. The Labute approximate surface area is 116 Å². The third-order valence-corrected chi connectivity index (χ3v) is 2.66. The number of nitrogens with zero attached hydrogens (tertiary/aromatic N) is 2. The van der Waals surface area contributed by atoms with Crippen LogP contribution in [0.25, 0.3) is 0 Å². The first kappa shape index (κ1) is 12.8. The molecule has 0 radical (unpaired) electrons. The van der Waals surface area contributed by atoms with E-state index in [4.69, 9.17) is 21.4 Å². The molecule has 0 amide bonds. The van der Waals surface area contributed by atoms with E-state index in [9.17, 15) is 4.79 Å². The highest BCUT2D eigenvalue weighted by Crippen LogP contribution is 2.30. The second kappa shape index (κ2) is 5.32. The average molecular weight is 330 g/mol. The Bertz CT molecular complexity index is 607. The van der Waals surface area contributed by atoms with Crippen molar-refractivity contribution in [1.29, 1.82) is 0 Å². The minimum absolute atomic E-state index is 0.0849. The largest absolute Gasteiger partial charge is 0.476 e. The van der Waals surface area contributed by atoms with Crippen molar-refractivity contribution in [2.45, 2.75) is 0 Å². The zero-order chi connectivity index (χ0) is 13.1. The molecule has 1 N–H and O–H groups in total. The lowest BCUT2D eigenvalue weighted by atomic mass is 10.3. The van der Waals surface area contributed by atoms with E-state index in [0.29, 0.717) is 4.47 Å². The molecule has 0 atom stereocenters. The number of aromatic nitrogens is 2. The quantitative estimate of drug-likeness (QED) is 0.934. The second-order valence-corrected chi connectivity index (χ2v) is 4.52. The normalized spacial score (nSPS) is 10.1. The van der Waals surface area contributed by atoms with Crippen molar-refractivity contribution in [3.05, 3.63) is 45.8 Å². The van der Waals surface area contributed by atoms with Gasteiger partial charge in [0.05, 0.1) is 0 Å². The summed E-state index contributed by atoms with van der Waals surface area (Å²) in [6.45, 7) is 0. The van der Waals surface area contributed by atoms with Crippen LogP contribution in [-0.4, -0.2) is 21.0 Å². The molecule has 0 aliphatic carbocycles. The molecule has 0 unspecified atom stereocenters. The lowest BCUT2D eigenvalue weighted by Crippen LogP contribution is -2.03. The molecule has 2 rings (SSSR count). The standard InChI is InChI=1S/C11H6BrClN2O3/c12-6-4-7(13)10(15-5-6)18-8-2-1-3-14-9(8)11(16)17/h1-5H,(H,16,17). The summed E-state index contributed by atoms with van der Waals surface area (Å²) in [6, 6.07) is 4.64. The van der Waals surface area contributed by atoms with Crippen molar-refractivity contribution in [3.63, 3.8) is 0 Å². The summed E-state index contributed by atoms with van der Waals surface area (Å²) in [5, 5.41) is 9.22. The van der Waals surface area contributed by atoms with Gasteiger partial charge in [-0.25, -0.2) is 14.8 Å². The SMILES string of the molecule is O=C(O)c1ncccc1Oc1ncc(Br)cc1Cl. The molecule has 2 heterocycles. The number of hydrogen-bond acceptors (Lipinski definition) is 4. The van der Waals surface area contributed by atoms with Crippen LogP contribution >= 0.6 is 27.5 Å². The Hall–Kier alpha value is -1.66. The van der Waals surface area contributed by atoms with Crippen LogP contribution in [0.1, 0.15) is 10.5 Å². The number of aromatic carboxylic acids is 1. The van der Waals surface area contributed by atoms with Crippen LogP contribution in [0.15, 0.2) is 35.1 Å². The van der Waals surface area contributed by atoms with Crippen LogP contribution in [0.5, 0.6) is 11.6 Å². The number of carboxylic acids is 1. The van der Waals surface area contributed by atoms with E-state index in [1.807, 2.05) is 0 Å². The summed E-state index contributed by atoms with van der Waals surface area (Å²) in [7, 11) is 0. The molecule has 2 aromatic rings. The van der Waals surface area contributed by atoms with Gasteiger partial charge in [0.2, 0.25) is 5.88 Å². The maximum Gasteiger partial charge on any atom is 0.358 e. The van der Waals surface area contributed by atoms with Crippen molar-refractivity contribution in [2.75, 3.05) is 0 Å². The van der Waals surface area contributed by atoms with Crippen LogP contribution in [0.3, 0.4) is 0 Å². The van der Waals surface area contributed by atoms with E-state index in [-0.39, 0.29) is 22.3 Å². The monoisotopic (exact) mass is 328 g/mol. The van der Waals surface area contributed by atoms with Crippen LogP contribution < -0.4 is 4.74 Å². The van der Waals surface area contributed by atoms with Crippen molar-refractivity contribution in [2.24, 2.45) is 0 Å². The third kappa shape index (κ3) is 2.77. The smallest absolute Gasteiger partial charge is 0.358 e. The fourth-order valence-corrected chi connectivity index (χ4v) is 1.88. The van der Waals surface area contributed by atoms with Gasteiger partial charge in [0, 0.05) is 16.9 Å². The molecular weight excluding hydrogens is 323 g/mol. The van der Waals surface area contributed by atoms with Gasteiger partial charge >= 0.3 is 5.97 Å². The predicted octanol–water partition coefficient (Wildman–Crippen LogP) is 3.38. The molecule has 92 valence electrons. The summed E-state index contributed by atoms with van der Waals surface area (Å²) in [6.07, 6.45) is 2.87. The first-order valence-electron chi connectivity index (χ1n) is 4.75. The Morgan fingerprint density at radius 1 is 1.44 bits per heavy atom. The number of rotatable bonds is 3. The summed E-state index contributed by atoms with van der Waals surface area (Å²) in [4.78, 5) is 18.6. The van der Waals surface area contributed by atoms with Crippen LogP contribution in [-0.2, 0) is 0 Å². The van der Waals surface area contributed by atoms with Gasteiger partial charge in [-0.05, 0) is 34.1 Å². The summed E-state index contributed by atoms with van der Waals surface area (Å²) in [5.41, 5.74) is -0.196.